The second-order valence-corrected chi connectivity index (χ2v) is 14.3. The Balaban J connectivity index is 1.58. The van der Waals surface area contributed by atoms with Crippen LogP contribution in [0.15, 0.2) is 78.7 Å². The number of nitrogens with zero attached hydrogens (tertiary/aromatic N) is 1. The largest absolute Gasteiger partial charge is 0.497 e. The van der Waals surface area contributed by atoms with Gasteiger partial charge in [-0.15, -0.1) is 13.2 Å². The lowest BCUT2D eigenvalue weighted by molar-refractivity contribution is -0.0907. The van der Waals surface area contributed by atoms with Crippen molar-refractivity contribution in [2.24, 2.45) is 11.8 Å². The quantitative estimate of drug-likeness (QED) is 0.144. The van der Waals surface area contributed by atoms with Gasteiger partial charge >= 0.3 is 6.09 Å². The number of hydrogen-bond donors (Lipinski definition) is 2. The first-order valence-corrected chi connectivity index (χ1v) is 18.0. The van der Waals surface area contributed by atoms with E-state index in [1.165, 1.54) is 17.5 Å². The Hall–Kier alpha value is -3.42. The lowest BCUT2D eigenvalue weighted by Gasteiger charge is -2.31. The monoisotopic (exact) mass is 686 g/mol. The average molecular weight is 687 g/mol. The number of ether oxygens (including phenoxy) is 5. The molecule has 0 spiro atoms. The molecule has 12 heteroatoms. The summed E-state index contributed by atoms with van der Waals surface area (Å²) in [7, 11) is -2.71. The molecule has 0 unspecified atom stereocenters. The van der Waals surface area contributed by atoms with Crippen molar-refractivity contribution in [3.05, 3.63) is 79.4 Å². The molecule has 2 heterocycles. The lowest BCUT2D eigenvalue weighted by atomic mass is 10.0. The van der Waals surface area contributed by atoms with Gasteiger partial charge in [0.1, 0.15) is 22.5 Å². The molecule has 264 valence electrons. The minimum Gasteiger partial charge on any atom is -0.497 e. The SMILES string of the molecule is C=CCCCCOc1cc(OC)ccc1S(=O)(=O)N(C[C@@H](C)CC=C)C[C@@H](O)[C@H](Cc1ccccc1)NC(=O)O[C@H]1CO[C@H]2OCC[C@H]21. The van der Waals surface area contributed by atoms with E-state index in [1.54, 1.807) is 18.2 Å². The Morgan fingerprint density at radius 2 is 1.92 bits per heavy atom. The maximum atomic E-state index is 14.4. The zero-order valence-electron chi connectivity index (χ0n) is 28.0. The summed E-state index contributed by atoms with van der Waals surface area (Å²) in [4.78, 5) is 13.2. The van der Waals surface area contributed by atoms with Crippen molar-refractivity contribution in [1.82, 2.24) is 9.62 Å². The molecule has 2 aromatic carbocycles. The summed E-state index contributed by atoms with van der Waals surface area (Å²) in [5, 5.41) is 14.6. The van der Waals surface area contributed by atoms with E-state index in [2.05, 4.69) is 18.5 Å². The third kappa shape index (κ3) is 10.3. The third-order valence-electron chi connectivity index (χ3n) is 8.61. The number of sulfonamides is 1. The van der Waals surface area contributed by atoms with Crippen LogP contribution in [0.2, 0.25) is 0 Å². The van der Waals surface area contributed by atoms with Gasteiger partial charge < -0.3 is 34.1 Å². The normalized spacial score (nSPS) is 20.8. The lowest BCUT2D eigenvalue weighted by Crippen LogP contribution is -2.51. The minimum absolute atomic E-state index is 0.0356. The molecule has 2 aliphatic rings. The van der Waals surface area contributed by atoms with Crippen LogP contribution in [0.5, 0.6) is 11.5 Å². The van der Waals surface area contributed by atoms with E-state index in [1.807, 2.05) is 43.3 Å². The van der Waals surface area contributed by atoms with E-state index < -0.39 is 34.4 Å². The van der Waals surface area contributed by atoms with E-state index in [0.29, 0.717) is 31.8 Å². The highest BCUT2D eigenvalue weighted by molar-refractivity contribution is 7.89. The summed E-state index contributed by atoms with van der Waals surface area (Å²) in [6, 6.07) is 13.1. The molecular formula is C36H50N2O9S. The fraction of sp³-hybridized carbons (Fsp3) is 0.528. The number of carbonyl (C=O) groups excluding carboxylic acids is 1. The first-order valence-electron chi connectivity index (χ1n) is 16.6. The number of unbranched alkanes of at least 4 members (excludes halogenated alkanes) is 2. The van der Waals surface area contributed by atoms with Gasteiger partial charge in [0.05, 0.1) is 45.0 Å². The van der Waals surface area contributed by atoms with Gasteiger partial charge in [-0.05, 0) is 62.1 Å². The molecule has 2 aromatic rings. The number of allylic oxidation sites excluding steroid dienone is 2. The van der Waals surface area contributed by atoms with Crippen molar-refractivity contribution in [2.75, 3.05) is 40.0 Å². The van der Waals surface area contributed by atoms with Gasteiger partial charge in [-0.1, -0.05) is 49.4 Å². The predicted octanol–water partition coefficient (Wildman–Crippen LogP) is 5.09. The van der Waals surface area contributed by atoms with E-state index >= 15 is 0 Å². The summed E-state index contributed by atoms with van der Waals surface area (Å²) in [6.45, 7) is 10.3. The van der Waals surface area contributed by atoms with Crippen LogP contribution >= 0.6 is 0 Å². The summed E-state index contributed by atoms with van der Waals surface area (Å²) in [6.07, 6.45) is 4.61. The Morgan fingerprint density at radius 1 is 1.12 bits per heavy atom. The van der Waals surface area contributed by atoms with Gasteiger partial charge in [0.2, 0.25) is 10.0 Å². The maximum Gasteiger partial charge on any atom is 0.407 e. The highest BCUT2D eigenvalue weighted by Crippen LogP contribution is 2.34. The predicted molar refractivity (Wildman–Crippen MR) is 182 cm³/mol. The van der Waals surface area contributed by atoms with Gasteiger partial charge in [0.25, 0.3) is 0 Å². The molecule has 11 nitrogen and oxygen atoms in total. The second kappa shape index (κ2) is 18.4. The summed E-state index contributed by atoms with van der Waals surface area (Å²) < 4.78 is 58.4. The van der Waals surface area contributed by atoms with Crippen molar-refractivity contribution in [1.29, 1.82) is 0 Å². The van der Waals surface area contributed by atoms with Crippen LogP contribution in [-0.4, -0.2) is 88.5 Å². The smallest absolute Gasteiger partial charge is 0.407 e. The second-order valence-electron chi connectivity index (χ2n) is 12.4. The number of amides is 1. The van der Waals surface area contributed by atoms with Crippen LogP contribution in [0.3, 0.4) is 0 Å². The Labute approximate surface area is 284 Å². The topological polar surface area (TPSA) is 133 Å². The van der Waals surface area contributed by atoms with E-state index in [4.69, 9.17) is 23.7 Å². The highest BCUT2D eigenvalue weighted by Gasteiger charge is 2.44. The molecule has 4 rings (SSSR count). The Morgan fingerprint density at radius 3 is 2.65 bits per heavy atom. The Bertz CT molecular complexity index is 1440. The van der Waals surface area contributed by atoms with Crippen molar-refractivity contribution in [3.8, 4) is 11.5 Å². The number of benzene rings is 2. The standard InChI is InChI=1S/C36H50N2O9S/c1-5-7-8-12-19-44-32-22-28(43-4)16-17-34(32)48(41,42)38(23-26(3)13-6-2)24-31(39)30(21-27-14-10-9-11-15-27)37-36(40)47-33-25-46-35-29(33)18-20-45-35/h5-6,9-11,14-17,22,26,29-31,33,35,39H,1-2,7-8,12-13,18-21,23-25H2,3-4H3,(H,37,40)/t26-,29-,30-,31+,33-,35+/m0/s1. The molecule has 2 saturated heterocycles. The number of aliphatic hydroxyl groups is 1. The third-order valence-corrected chi connectivity index (χ3v) is 10.5. The van der Waals surface area contributed by atoms with Gasteiger partial charge in [-0.2, -0.15) is 4.31 Å². The molecule has 0 saturated carbocycles. The molecule has 2 fully saturated rings. The van der Waals surface area contributed by atoms with Crippen molar-refractivity contribution >= 4 is 16.1 Å². The number of aliphatic hydroxyl groups excluding tert-OH is 1. The van der Waals surface area contributed by atoms with Crippen LogP contribution in [0.4, 0.5) is 4.79 Å². The number of alkyl carbamates (subject to hydrolysis) is 1. The van der Waals surface area contributed by atoms with Crippen molar-refractivity contribution in [3.63, 3.8) is 0 Å². The fourth-order valence-corrected chi connectivity index (χ4v) is 7.68. The molecule has 2 aliphatic heterocycles. The maximum absolute atomic E-state index is 14.4. The number of hydrogen-bond acceptors (Lipinski definition) is 9. The molecule has 0 aromatic heterocycles. The molecular weight excluding hydrogens is 636 g/mol. The van der Waals surface area contributed by atoms with Crippen LogP contribution < -0.4 is 14.8 Å². The molecule has 0 radical (unpaired) electrons. The number of carbonyl (C=O) groups is 1. The molecule has 2 N–H and O–H groups in total. The van der Waals surface area contributed by atoms with Crippen LogP contribution in [-0.2, 0) is 30.7 Å². The van der Waals surface area contributed by atoms with Gasteiger partial charge in [-0.25, -0.2) is 13.2 Å². The van der Waals surface area contributed by atoms with Crippen LogP contribution in [0.1, 0.15) is 44.6 Å². The number of nitrogens with one attached hydrogen (secondary N) is 1. The molecule has 0 bridgehead atoms. The highest BCUT2D eigenvalue weighted by atomic mass is 32.2. The van der Waals surface area contributed by atoms with E-state index in [0.717, 1.165) is 24.8 Å². The van der Waals surface area contributed by atoms with Crippen molar-refractivity contribution in [2.45, 2.75) is 74.9 Å². The average Bonchev–Trinajstić information content (AvgIpc) is 3.69. The molecule has 48 heavy (non-hydrogen) atoms. The van der Waals surface area contributed by atoms with Crippen LogP contribution in [0, 0.1) is 11.8 Å². The fourth-order valence-electron chi connectivity index (χ4n) is 5.99. The summed E-state index contributed by atoms with van der Waals surface area (Å²) in [5.41, 5.74) is 0.854. The Kier molecular flexibility index (Phi) is 14.3. The minimum atomic E-state index is -4.21. The van der Waals surface area contributed by atoms with Gasteiger partial charge in [0.15, 0.2) is 6.29 Å². The summed E-state index contributed by atoms with van der Waals surface area (Å²) >= 11 is 0. The first kappa shape index (κ1) is 37.4. The van der Waals surface area contributed by atoms with Crippen LogP contribution in [0.25, 0.3) is 0 Å². The zero-order chi connectivity index (χ0) is 34.5. The molecule has 6 atom stereocenters. The molecule has 0 aliphatic carbocycles. The number of fused-ring (bicyclic) bond motifs is 1. The van der Waals surface area contributed by atoms with Gasteiger partial charge in [-0.3, -0.25) is 0 Å². The zero-order valence-corrected chi connectivity index (χ0v) is 28.8. The van der Waals surface area contributed by atoms with E-state index in [9.17, 15) is 18.3 Å². The van der Waals surface area contributed by atoms with Crippen molar-refractivity contribution < 1.29 is 42.0 Å². The first-order chi connectivity index (χ1) is 23.2. The van der Waals surface area contributed by atoms with E-state index in [-0.39, 0.29) is 54.9 Å². The molecule has 1 amide bonds. The number of rotatable bonds is 20. The van der Waals surface area contributed by atoms with Gasteiger partial charge in [0, 0.05) is 19.2 Å². The number of methoxy groups -OCH3 is 1. The summed E-state index contributed by atoms with van der Waals surface area (Å²) in [5.74, 6) is 0.457.